The van der Waals surface area contributed by atoms with Gasteiger partial charge in [0.1, 0.15) is 0 Å². The molecule has 0 spiro atoms. The van der Waals surface area contributed by atoms with Crippen molar-refractivity contribution in [2.45, 2.75) is 13.0 Å². The monoisotopic (exact) mass is 410 g/mol. The van der Waals surface area contributed by atoms with Crippen LogP contribution >= 0.6 is 11.3 Å². The van der Waals surface area contributed by atoms with Crippen molar-refractivity contribution >= 4 is 34.1 Å². The Labute approximate surface area is 169 Å². The maximum Gasteiger partial charge on any atom is 0.330 e. The largest absolute Gasteiger partial charge is 0.454 e. The number of amides is 1. The van der Waals surface area contributed by atoms with Gasteiger partial charge in [-0.25, -0.2) is 4.79 Å². The fourth-order valence-electron chi connectivity index (χ4n) is 2.85. The lowest BCUT2D eigenvalue weighted by Gasteiger charge is -2.06. The van der Waals surface area contributed by atoms with Crippen LogP contribution in [0.4, 0.5) is 0 Å². The van der Waals surface area contributed by atoms with Gasteiger partial charge in [-0.15, -0.1) is 21.5 Å². The van der Waals surface area contributed by atoms with Crippen molar-refractivity contribution in [2.75, 3.05) is 13.2 Å². The van der Waals surface area contributed by atoms with Crippen LogP contribution in [0.25, 0.3) is 21.6 Å². The van der Waals surface area contributed by atoms with Crippen molar-refractivity contribution in [3.8, 4) is 10.7 Å². The summed E-state index contributed by atoms with van der Waals surface area (Å²) in [6, 6.07) is 11.7. The second-order valence-electron chi connectivity index (χ2n) is 6.24. The number of hydrogen-bond acceptors (Lipinski definition) is 7. The van der Waals surface area contributed by atoms with E-state index in [0.29, 0.717) is 18.8 Å². The molecule has 0 saturated carbocycles. The second-order valence-corrected chi connectivity index (χ2v) is 7.19. The maximum atomic E-state index is 11.9. The fraction of sp³-hybridized carbons (Fsp3) is 0.211. The predicted molar refractivity (Wildman–Crippen MR) is 107 cm³/mol. The molecule has 1 amide bonds. The van der Waals surface area contributed by atoms with Crippen LogP contribution in [-0.2, 0) is 27.3 Å². The molecule has 9 nitrogen and oxygen atoms in total. The molecule has 3 heterocycles. The Kier molecular flexibility index (Phi) is 5.61. The Bertz CT molecular complexity index is 1120. The van der Waals surface area contributed by atoms with Gasteiger partial charge >= 0.3 is 5.97 Å². The van der Waals surface area contributed by atoms with Gasteiger partial charge in [-0.05, 0) is 34.7 Å². The lowest BCUT2D eigenvalue weighted by molar-refractivity contribution is -0.149. The summed E-state index contributed by atoms with van der Waals surface area (Å²) in [7, 11) is 0. The van der Waals surface area contributed by atoms with Gasteiger partial charge in [-0.2, -0.15) is 4.80 Å². The van der Waals surface area contributed by atoms with Crippen molar-refractivity contribution in [2.24, 2.45) is 0 Å². The first-order chi connectivity index (χ1) is 14.2. The molecule has 3 aromatic heterocycles. The van der Waals surface area contributed by atoms with Crippen molar-refractivity contribution < 1.29 is 14.3 Å². The van der Waals surface area contributed by atoms with Gasteiger partial charge in [0.2, 0.25) is 5.82 Å². The average Bonchev–Trinajstić information content (AvgIpc) is 3.47. The number of ether oxygens (including phenoxy) is 1. The highest BCUT2D eigenvalue weighted by atomic mass is 32.1. The predicted octanol–water partition coefficient (Wildman–Crippen LogP) is 1.78. The summed E-state index contributed by atoms with van der Waals surface area (Å²) in [6.07, 6.45) is 2.62. The van der Waals surface area contributed by atoms with E-state index in [2.05, 4.69) is 25.7 Å². The molecule has 1 aromatic carbocycles. The van der Waals surface area contributed by atoms with Gasteiger partial charge in [0.05, 0.1) is 4.88 Å². The molecule has 10 heteroatoms. The molecule has 148 valence electrons. The maximum absolute atomic E-state index is 11.9. The fourth-order valence-corrected chi connectivity index (χ4v) is 3.50. The van der Waals surface area contributed by atoms with E-state index in [1.54, 1.807) is 0 Å². The minimum atomic E-state index is -0.605. The summed E-state index contributed by atoms with van der Waals surface area (Å²) < 4.78 is 4.98. The van der Waals surface area contributed by atoms with Crippen LogP contribution < -0.4 is 5.32 Å². The molecule has 2 N–H and O–H groups in total. The number of thiophene rings is 1. The van der Waals surface area contributed by atoms with Crippen LogP contribution in [0.1, 0.15) is 5.56 Å². The van der Waals surface area contributed by atoms with Crippen molar-refractivity contribution in [1.29, 1.82) is 0 Å². The molecule has 0 unspecified atom stereocenters. The zero-order chi connectivity index (χ0) is 20.1. The molecule has 0 radical (unpaired) electrons. The number of benzene rings is 1. The summed E-state index contributed by atoms with van der Waals surface area (Å²) in [5, 5.41) is 17.6. The minimum Gasteiger partial charge on any atom is -0.454 e. The van der Waals surface area contributed by atoms with Crippen LogP contribution in [0.5, 0.6) is 0 Å². The Balaban J connectivity index is 1.19. The third-order valence-corrected chi connectivity index (χ3v) is 5.09. The molecular formula is C19H18N6O3S. The molecule has 0 aliphatic carbocycles. The second kappa shape index (κ2) is 8.65. The molecule has 0 saturated heterocycles. The van der Waals surface area contributed by atoms with E-state index in [9.17, 15) is 9.59 Å². The molecule has 0 aliphatic heterocycles. The number of esters is 1. The number of para-hydroxylation sites is 1. The van der Waals surface area contributed by atoms with Crippen molar-refractivity contribution in [3.05, 3.63) is 53.5 Å². The number of fused-ring (bicyclic) bond motifs is 1. The molecule has 0 fully saturated rings. The molecule has 4 aromatic rings. The van der Waals surface area contributed by atoms with E-state index in [-0.39, 0.29) is 19.1 Å². The highest BCUT2D eigenvalue weighted by Crippen LogP contribution is 2.19. The van der Waals surface area contributed by atoms with Crippen LogP contribution in [0.3, 0.4) is 0 Å². The summed E-state index contributed by atoms with van der Waals surface area (Å²) in [5.41, 5.74) is 2.18. The Morgan fingerprint density at radius 3 is 2.97 bits per heavy atom. The number of aromatic nitrogens is 5. The van der Waals surface area contributed by atoms with E-state index < -0.39 is 5.97 Å². The Morgan fingerprint density at radius 2 is 2.10 bits per heavy atom. The van der Waals surface area contributed by atoms with Gasteiger partial charge in [0.25, 0.3) is 5.91 Å². The smallest absolute Gasteiger partial charge is 0.330 e. The zero-order valence-corrected chi connectivity index (χ0v) is 16.2. The molecule has 29 heavy (non-hydrogen) atoms. The first-order valence-electron chi connectivity index (χ1n) is 8.98. The third-order valence-electron chi connectivity index (χ3n) is 4.22. The van der Waals surface area contributed by atoms with Gasteiger partial charge in [0.15, 0.2) is 13.2 Å². The quantitative estimate of drug-likeness (QED) is 0.428. The first-order valence-corrected chi connectivity index (χ1v) is 9.86. The first kappa shape index (κ1) is 18.8. The van der Waals surface area contributed by atoms with E-state index in [1.807, 2.05) is 48.0 Å². The van der Waals surface area contributed by atoms with Gasteiger partial charge in [0, 0.05) is 23.6 Å². The molecule has 4 rings (SSSR count). The number of aromatic amines is 1. The average molecular weight is 410 g/mol. The molecule has 0 atom stereocenters. The van der Waals surface area contributed by atoms with Gasteiger partial charge < -0.3 is 15.0 Å². The molecule has 0 aliphatic rings. The van der Waals surface area contributed by atoms with Crippen LogP contribution in [0.15, 0.2) is 48.0 Å². The van der Waals surface area contributed by atoms with Crippen molar-refractivity contribution in [1.82, 2.24) is 30.5 Å². The Hall–Kier alpha value is -3.53. The standard InChI is InChI=1S/C19H18N6O3S/c26-17(20-8-7-13-10-21-15-5-2-1-4-14(13)15)12-28-18(27)11-25-23-19(22-24-25)16-6-3-9-29-16/h1-6,9-10,21H,7-8,11-12H2,(H,20,26). The van der Waals surface area contributed by atoms with Gasteiger partial charge in [-0.3, -0.25) is 4.79 Å². The van der Waals surface area contributed by atoms with Gasteiger partial charge in [-0.1, -0.05) is 24.3 Å². The number of hydrogen-bond donors (Lipinski definition) is 2. The van der Waals surface area contributed by atoms with E-state index in [0.717, 1.165) is 26.1 Å². The molecular weight excluding hydrogens is 392 g/mol. The summed E-state index contributed by atoms with van der Waals surface area (Å²) >= 11 is 1.48. The summed E-state index contributed by atoms with van der Waals surface area (Å²) in [4.78, 5) is 29.0. The van der Waals surface area contributed by atoms with Crippen molar-refractivity contribution in [3.63, 3.8) is 0 Å². The number of carbonyl (C=O) groups excluding carboxylic acids is 2. The topological polar surface area (TPSA) is 115 Å². The highest BCUT2D eigenvalue weighted by Gasteiger charge is 2.12. The Morgan fingerprint density at radius 1 is 1.21 bits per heavy atom. The molecule has 0 bridgehead atoms. The number of H-pyrrole nitrogens is 1. The number of carbonyl (C=O) groups is 2. The lowest BCUT2D eigenvalue weighted by atomic mass is 10.1. The highest BCUT2D eigenvalue weighted by molar-refractivity contribution is 7.13. The minimum absolute atomic E-state index is 0.207. The SMILES string of the molecule is O=C(COC(=O)Cn1nnc(-c2cccs2)n1)NCCc1c[nH]c2ccccc12. The number of nitrogens with one attached hydrogen (secondary N) is 2. The number of tetrazole rings is 1. The van der Waals surface area contributed by atoms with E-state index >= 15 is 0 Å². The summed E-state index contributed by atoms with van der Waals surface area (Å²) in [6.45, 7) is -0.104. The van der Waals surface area contributed by atoms with Crippen LogP contribution in [0.2, 0.25) is 0 Å². The number of nitrogens with zero attached hydrogens (tertiary/aromatic N) is 4. The third kappa shape index (κ3) is 4.66. The zero-order valence-electron chi connectivity index (χ0n) is 15.4. The normalized spacial score (nSPS) is 10.9. The number of rotatable bonds is 8. The van der Waals surface area contributed by atoms with E-state index in [4.69, 9.17) is 4.74 Å². The lowest BCUT2D eigenvalue weighted by Crippen LogP contribution is -2.31. The van der Waals surface area contributed by atoms with Crippen LogP contribution in [0, 0.1) is 0 Å². The summed E-state index contributed by atoms with van der Waals surface area (Å²) in [5.74, 6) is -0.515. The van der Waals surface area contributed by atoms with E-state index in [1.165, 1.54) is 11.3 Å². The van der Waals surface area contributed by atoms with Crippen LogP contribution in [-0.4, -0.2) is 50.2 Å².